The van der Waals surface area contributed by atoms with Gasteiger partial charge >= 0.3 is 24.4 Å². The van der Waals surface area contributed by atoms with Crippen LogP contribution in [0.5, 0.6) is 0 Å². The molecule has 174 valence electrons. The number of rotatable bonds is 2. The molecule has 0 aromatic heterocycles. The predicted molar refractivity (Wildman–Crippen MR) is 81.2 cm³/mol. The van der Waals surface area contributed by atoms with E-state index in [1.165, 1.54) is 0 Å². The summed E-state index contributed by atoms with van der Waals surface area (Å²) in [5, 5.41) is 7.06. The number of alkyl halides is 9. The van der Waals surface area contributed by atoms with Crippen LogP contribution in [-0.4, -0.2) is 92.3 Å². The summed E-state index contributed by atoms with van der Waals surface area (Å²) >= 11 is 0. The third-order valence-electron chi connectivity index (χ3n) is 4.06. The maximum atomic E-state index is 13.2. The number of carbonyl (C=O) groups excluding carboxylic acids is 3. The van der Waals surface area contributed by atoms with Crippen molar-refractivity contribution in [1.82, 2.24) is 20.9 Å². The molecule has 7 nitrogen and oxygen atoms in total. The number of ketones is 2. The molecule has 1 amide bonds. The highest BCUT2D eigenvalue weighted by atomic mass is 19.4. The van der Waals surface area contributed by atoms with Crippen LogP contribution in [0.25, 0.3) is 0 Å². The smallest absolute Gasteiger partial charge is 0.314 e. The number of hydrogen-bond acceptors (Lipinski definition) is 6. The Bertz CT molecular complexity index is 620. The van der Waals surface area contributed by atoms with Crippen LogP contribution in [0.15, 0.2) is 0 Å². The summed E-state index contributed by atoms with van der Waals surface area (Å²) in [5.74, 6) is -10.1. The molecule has 0 aromatic rings. The van der Waals surface area contributed by atoms with Gasteiger partial charge in [0.15, 0.2) is 5.54 Å². The molecule has 0 bridgehead atoms. The highest BCUT2D eigenvalue weighted by Gasteiger charge is 2.68. The van der Waals surface area contributed by atoms with Crippen LogP contribution in [0.1, 0.15) is 0 Å². The second-order valence-corrected chi connectivity index (χ2v) is 6.15. The second-order valence-electron chi connectivity index (χ2n) is 6.15. The van der Waals surface area contributed by atoms with Crippen molar-refractivity contribution in [2.75, 3.05) is 45.8 Å². The largest absolute Gasteiger partial charge is 0.471 e. The summed E-state index contributed by atoms with van der Waals surface area (Å²) in [6.45, 7) is -4.18. The summed E-state index contributed by atoms with van der Waals surface area (Å²) < 4.78 is 118. The Hall–Kier alpha value is -1.94. The zero-order chi connectivity index (χ0) is 23.4. The lowest BCUT2D eigenvalue weighted by molar-refractivity contribution is -0.212. The molecule has 0 radical (unpaired) electrons. The third kappa shape index (κ3) is 6.04. The van der Waals surface area contributed by atoms with Gasteiger partial charge in [0.25, 0.3) is 11.6 Å². The average molecular weight is 460 g/mol. The van der Waals surface area contributed by atoms with E-state index in [0.717, 1.165) is 0 Å². The second kappa shape index (κ2) is 9.47. The van der Waals surface area contributed by atoms with Gasteiger partial charge < -0.3 is 20.9 Å². The van der Waals surface area contributed by atoms with E-state index in [2.05, 4.69) is 10.6 Å². The summed E-state index contributed by atoms with van der Waals surface area (Å²) in [7, 11) is 0. The molecule has 1 saturated heterocycles. The molecule has 1 fully saturated rings. The van der Waals surface area contributed by atoms with Gasteiger partial charge in [-0.1, -0.05) is 0 Å². The molecule has 0 aromatic carbocycles. The minimum atomic E-state index is -6.16. The fraction of sp³-hybridized carbons (Fsp3) is 0.786. The molecule has 1 aliphatic heterocycles. The van der Waals surface area contributed by atoms with E-state index in [1.54, 1.807) is 0 Å². The highest BCUT2D eigenvalue weighted by molar-refractivity contribution is 6.18. The lowest BCUT2D eigenvalue weighted by Crippen LogP contribution is -2.73. The molecule has 1 rings (SSSR count). The standard InChI is InChI=1S/C14H17F9N4O3/c15-12(16,17)8(28)11(9(29)13(18,19)20)7-26-4-3-24-1-2-25-5-6-27(11)10(30)14(21,22)23/h24-26H,1-7H2. The maximum absolute atomic E-state index is 13.2. The third-order valence-corrected chi connectivity index (χ3v) is 4.06. The predicted octanol–water partition coefficient (Wildman–Crippen LogP) is 0.161. The van der Waals surface area contributed by atoms with Crippen LogP contribution in [0.3, 0.4) is 0 Å². The Morgan fingerprint density at radius 2 is 1.03 bits per heavy atom. The van der Waals surface area contributed by atoms with Crippen LogP contribution in [0.4, 0.5) is 39.5 Å². The molecule has 0 unspecified atom stereocenters. The Morgan fingerprint density at radius 1 is 0.633 bits per heavy atom. The lowest BCUT2D eigenvalue weighted by atomic mass is 9.84. The van der Waals surface area contributed by atoms with E-state index in [0.29, 0.717) is 0 Å². The van der Waals surface area contributed by atoms with Crippen molar-refractivity contribution in [3.63, 3.8) is 0 Å². The molecule has 0 atom stereocenters. The first-order valence-electron chi connectivity index (χ1n) is 8.30. The summed E-state index contributed by atoms with van der Waals surface area (Å²) in [5.41, 5.74) is -4.54. The Balaban J connectivity index is 3.74. The van der Waals surface area contributed by atoms with Gasteiger partial charge in [0.2, 0.25) is 0 Å². The average Bonchev–Trinajstić information content (AvgIpc) is 2.58. The van der Waals surface area contributed by atoms with E-state index >= 15 is 0 Å². The van der Waals surface area contributed by atoms with Crippen molar-refractivity contribution < 1.29 is 53.9 Å². The van der Waals surface area contributed by atoms with Crippen LogP contribution >= 0.6 is 0 Å². The molecule has 3 N–H and O–H groups in total. The first kappa shape index (κ1) is 26.1. The topological polar surface area (TPSA) is 90.5 Å². The van der Waals surface area contributed by atoms with Crippen LogP contribution in [0, 0.1) is 0 Å². The van der Waals surface area contributed by atoms with E-state index in [-0.39, 0.29) is 19.6 Å². The Morgan fingerprint density at radius 3 is 1.43 bits per heavy atom. The highest BCUT2D eigenvalue weighted by Crippen LogP contribution is 2.36. The van der Waals surface area contributed by atoms with E-state index < -0.39 is 72.6 Å². The summed E-state index contributed by atoms with van der Waals surface area (Å²) in [6, 6.07) is 0. The van der Waals surface area contributed by atoms with Gasteiger partial charge in [0.05, 0.1) is 0 Å². The molecule has 0 aliphatic carbocycles. The normalized spacial score (nSPS) is 20.1. The first-order chi connectivity index (χ1) is 13.6. The molecule has 0 spiro atoms. The number of Topliss-reactive ketones (excluding diaryl/α,β-unsaturated/α-hetero) is 2. The molecule has 1 aliphatic rings. The molecule has 0 saturated carbocycles. The van der Waals surface area contributed by atoms with Gasteiger partial charge in [-0.25, -0.2) is 0 Å². The lowest BCUT2D eigenvalue weighted by Gasteiger charge is -2.42. The van der Waals surface area contributed by atoms with Crippen LogP contribution in [-0.2, 0) is 14.4 Å². The van der Waals surface area contributed by atoms with Gasteiger partial charge in [0, 0.05) is 45.8 Å². The van der Waals surface area contributed by atoms with Gasteiger partial charge in [-0.05, 0) is 0 Å². The van der Waals surface area contributed by atoms with Crippen LogP contribution < -0.4 is 16.0 Å². The number of amides is 1. The fourth-order valence-electron chi connectivity index (χ4n) is 2.76. The first-order valence-corrected chi connectivity index (χ1v) is 8.30. The number of halogens is 9. The van der Waals surface area contributed by atoms with E-state index in [4.69, 9.17) is 0 Å². The monoisotopic (exact) mass is 460 g/mol. The van der Waals surface area contributed by atoms with Crippen molar-refractivity contribution in [3.05, 3.63) is 0 Å². The number of carbonyl (C=O) groups is 3. The van der Waals surface area contributed by atoms with Crippen molar-refractivity contribution in [1.29, 1.82) is 0 Å². The minimum Gasteiger partial charge on any atom is -0.314 e. The minimum absolute atomic E-state index is 0.0292. The summed E-state index contributed by atoms with van der Waals surface area (Å²) in [4.78, 5) is 34.8. The quantitative estimate of drug-likeness (QED) is 0.402. The fourth-order valence-corrected chi connectivity index (χ4v) is 2.76. The zero-order valence-corrected chi connectivity index (χ0v) is 15.0. The van der Waals surface area contributed by atoms with Crippen molar-refractivity contribution in [2.45, 2.75) is 24.1 Å². The molecular formula is C14H17F9N4O3. The van der Waals surface area contributed by atoms with Gasteiger partial charge in [0.1, 0.15) is 0 Å². The number of hydrogen-bond donors (Lipinski definition) is 3. The summed E-state index contributed by atoms with van der Waals surface area (Å²) in [6.07, 6.45) is -18.3. The van der Waals surface area contributed by atoms with E-state index in [1.807, 2.05) is 5.32 Å². The SMILES string of the molecule is O=C(N1CCNCCNCCNCC1(C(=O)C(F)(F)F)C(=O)C(F)(F)F)C(F)(F)F. The van der Waals surface area contributed by atoms with Gasteiger partial charge in [-0.2, -0.15) is 39.5 Å². The molecule has 16 heteroatoms. The van der Waals surface area contributed by atoms with Crippen LogP contribution in [0.2, 0.25) is 0 Å². The maximum Gasteiger partial charge on any atom is 0.471 e. The van der Waals surface area contributed by atoms with Crippen molar-refractivity contribution in [3.8, 4) is 0 Å². The Kier molecular flexibility index (Phi) is 8.23. The number of nitrogens with one attached hydrogen (secondary N) is 3. The molecule has 1 heterocycles. The van der Waals surface area contributed by atoms with Gasteiger partial charge in [-0.15, -0.1) is 0 Å². The number of nitrogens with zero attached hydrogens (tertiary/aromatic N) is 1. The van der Waals surface area contributed by atoms with Gasteiger partial charge in [-0.3, -0.25) is 14.4 Å². The Labute approximate surface area is 163 Å². The van der Waals surface area contributed by atoms with E-state index in [9.17, 15) is 53.9 Å². The molecular weight excluding hydrogens is 443 g/mol. The molecule has 30 heavy (non-hydrogen) atoms. The zero-order valence-electron chi connectivity index (χ0n) is 15.0. The van der Waals surface area contributed by atoms with Crippen molar-refractivity contribution >= 4 is 17.5 Å². The van der Waals surface area contributed by atoms with Crippen molar-refractivity contribution in [2.24, 2.45) is 0 Å².